The van der Waals surface area contributed by atoms with Crippen molar-refractivity contribution < 1.29 is 4.74 Å². The van der Waals surface area contributed by atoms with Gasteiger partial charge in [0.25, 0.3) is 0 Å². The monoisotopic (exact) mass is 158 g/mol. The molecule has 0 unspecified atom stereocenters. The van der Waals surface area contributed by atoms with Crippen molar-refractivity contribution in [2.75, 3.05) is 24.7 Å². The molecule has 1 aliphatic heterocycles. The van der Waals surface area contributed by atoms with Gasteiger partial charge in [0.05, 0.1) is 13.2 Å². The van der Waals surface area contributed by atoms with Gasteiger partial charge in [0.2, 0.25) is 0 Å². The zero-order valence-corrected chi connectivity index (χ0v) is 7.08. The molecular formula is C8H14OS. The standard InChI is InChI=1S/C8H14OS/c1-2-8(1)3-5-10-6-4-9-7-8/h1-7H2. The van der Waals surface area contributed by atoms with Crippen molar-refractivity contribution in [3.05, 3.63) is 0 Å². The van der Waals surface area contributed by atoms with E-state index in [-0.39, 0.29) is 0 Å². The van der Waals surface area contributed by atoms with Crippen LogP contribution in [0, 0.1) is 5.41 Å². The van der Waals surface area contributed by atoms with Gasteiger partial charge in [0.1, 0.15) is 0 Å². The lowest BCUT2D eigenvalue weighted by Crippen LogP contribution is -2.16. The third kappa shape index (κ3) is 1.48. The van der Waals surface area contributed by atoms with Crippen LogP contribution in [0.4, 0.5) is 0 Å². The number of rotatable bonds is 0. The van der Waals surface area contributed by atoms with E-state index in [9.17, 15) is 0 Å². The van der Waals surface area contributed by atoms with E-state index in [0.29, 0.717) is 5.41 Å². The molecule has 2 aliphatic rings. The van der Waals surface area contributed by atoms with Gasteiger partial charge in [0.15, 0.2) is 0 Å². The minimum absolute atomic E-state index is 0.660. The zero-order valence-electron chi connectivity index (χ0n) is 6.27. The second-order valence-corrected chi connectivity index (χ2v) is 4.64. The molecule has 0 bridgehead atoms. The largest absolute Gasteiger partial charge is 0.380 e. The van der Waals surface area contributed by atoms with Crippen LogP contribution < -0.4 is 0 Å². The molecule has 0 aromatic heterocycles. The van der Waals surface area contributed by atoms with Crippen molar-refractivity contribution in [3.63, 3.8) is 0 Å². The maximum atomic E-state index is 5.53. The van der Waals surface area contributed by atoms with E-state index in [1.54, 1.807) is 0 Å². The van der Waals surface area contributed by atoms with Crippen LogP contribution in [0.1, 0.15) is 19.3 Å². The Hall–Kier alpha value is 0.310. The molecule has 0 N–H and O–H groups in total. The predicted octanol–water partition coefficient (Wildman–Crippen LogP) is 1.92. The van der Waals surface area contributed by atoms with Gasteiger partial charge in [-0.1, -0.05) is 0 Å². The first-order valence-electron chi connectivity index (χ1n) is 4.07. The summed E-state index contributed by atoms with van der Waals surface area (Å²) in [6.07, 6.45) is 4.25. The van der Waals surface area contributed by atoms with Gasteiger partial charge >= 0.3 is 0 Å². The molecule has 58 valence electrons. The molecule has 1 spiro atoms. The highest BCUT2D eigenvalue weighted by Gasteiger charge is 2.42. The lowest BCUT2D eigenvalue weighted by Gasteiger charge is -2.17. The zero-order chi connectivity index (χ0) is 6.86. The summed E-state index contributed by atoms with van der Waals surface area (Å²) in [5.74, 6) is 2.57. The molecule has 0 radical (unpaired) electrons. The highest BCUT2D eigenvalue weighted by molar-refractivity contribution is 7.99. The quantitative estimate of drug-likeness (QED) is 0.532. The Morgan fingerprint density at radius 3 is 2.80 bits per heavy atom. The predicted molar refractivity (Wildman–Crippen MR) is 44.4 cm³/mol. The van der Waals surface area contributed by atoms with Gasteiger partial charge in [-0.15, -0.1) is 0 Å². The Labute approximate surface area is 66.5 Å². The van der Waals surface area contributed by atoms with Gasteiger partial charge < -0.3 is 4.74 Å². The number of hydrogen-bond acceptors (Lipinski definition) is 2. The van der Waals surface area contributed by atoms with Crippen LogP contribution in [-0.2, 0) is 4.74 Å². The molecule has 1 saturated heterocycles. The summed E-state index contributed by atoms with van der Waals surface area (Å²) in [7, 11) is 0. The molecule has 0 amide bonds. The second-order valence-electron chi connectivity index (χ2n) is 3.41. The molecule has 0 atom stereocenters. The summed E-state index contributed by atoms with van der Waals surface area (Å²) >= 11 is 2.05. The fraction of sp³-hybridized carbons (Fsp3) is 1.00. The third-order valence-electron chi connectivity index (χ3n) is 2.51. The fourth-order valence-corrected chi connectivity index (χ4v) is 2.46. The van der Waals surface area contributed by atoms with Crippen molar-refractivity contribution in [2.45, 2.75) is 19.3 Å². The Morgan fingerprint density at radius 2 is 2.00 bits per heavy atom. The lowest BCUT2D eigenvalue weighted by atomic mass is 10.1. The summed E-state index contributed by atoms with van der Waals surface area (Å²) in [6, 6.07) is 0. The Balaban J connectivity index is 1.84. The van der Waals surface area contributed by atoms with Gasteiger partial charge in [0, 0.05) is 5.75 Å². The highest BCUT2D eigenvalue weighted by Crippen LogP contribution is 2.50. The molecule has 1 aliphatic carbocycles. The summed E-state index contributed by atoms with van der Waals surface area (Å²) in [6.45, 7) is 2.03. The highest BCUT2D eigenvalue weighted by atomic mass is 32.2. The van der Waals surface area contributed by atoms with E-state index < -0.39 is 0 Å². The van der Waals surface area contributed by atoms with Gasteiger partial charge in [-0.3, -0.25) is 0 Å². The Kier molecular flexibility index (Phi) is 1.92. The Morgan fingerprint density at radius 1 is 1.10 bits per heavy atom. The van der Waals surface area contributed by atoms with Crippen molar-refractivity contribution in [2.24, 2.45) is 5.41 Å². The molecule has 1 saturated carbocycles. The molecule has 1 nitrogen and oxygen atoms in total. The van der Waals surface area contributed by atoms with Crippen LogP contribution in [-0.4, -0.2) is 24.7 Å². The number of ether oxygens (including phenoxy) is 1. The second kappa shape index (κ2) is 2.74. The SMILES string of the molecule is C1CSCCC2(CC2)CO1. The molecule has 10 heavy (non-hydrogen) atoms. The van der Waals surface area contributed by atoms with Gasteiger partial charge in [-0.2, -0.15) is 11.8 Å². The van der Waals surface area contributed by atoms with E-state index in [1.807, 2.05) is 11.8 Å². The average Bonchev–Trinajstić information content (AvgIpc) is 2.61. The normalized spacial score (nSPS) is 31.2. The molecule has 0 aromatic carbocycles. The summed E-state index contributed by atoms with van der Waals surface area (Å²) < 4.78 is 5.53. The first-order chi connectivity index (χ1) is 4.91. The Bertz CT molecular complexity index is 110. The van der Waals surface area contributed by atoms with Crippen LogP contribution >= 0.6 is 11.8 Å². The maximum absolute atomic E-state index is 5.53. The topological polar surface area (TPSA) is 9.23 Å². The maximum Gasteiger partial charge on any atom is 0.0556 e. The summed E-state index contributed by atoms with van der Waals surface area (Å²) in [5.41, 5.74) is 0.660. The minimum atomic E-state index is 0.660. The van der Waals surface area contributed by atoms with Crippen LogP contribution in [0.5, 0.6) is 0 Å². The molecule has 1 heterocycles. The molecular weight excluding hydrogens is 144 g/mol. The van der Waals surface area contributed by atoms with Crippen molar-refractivity contribution in [1.29, 1.82) is 0 Å². The third-order valence-corrected chi connectivity index (χ3v) is 3.46. The van der Waals surface area contributed by atoms with Gasteiger partial charge in [-0.25, -0.2) is 0 Å². The van der Waals surface area contributed by atoms with Crippen molar-refractivity contribution >= 4 is 11.8 Å². The van der Waals surface area contributed by atoms with E-state index in [4.69, 9.17) is 4.74 Å². The lowest BCUT2D eigenvalue weighted by molar-refractivity contribution is 0.0991. The molecule has 0 aromatic rings. The molecule has 2 fully saturated rings. The minimum Gasteiger partial charge on any atom is -0.380 e. The van der Waals surface area contributed by atoms with Gasteiger partial charge in [-0.05, 0) is 30.4 Å². The summed E-state index contributed by atoms with van der Waals surface area (Å²) in [5, 5.41) is 0. The van der Waals surface area contributed by atoms with E-state index in [2.05, 4.69) is 0 Å². The summed E-state index contributed by atoms with van der Waals surface area (Å²) in [4.78, 5) is 0. The van der Waals surface area contributed by atoms with Crippen LogP contribution in [0.25, 0.3) is 0 Å². The van der Waals surface area contributed by atoms with Crippen molar-refractivity contribution in [3.8, 4) is 0 Å². The van der Waals surface area contributed by atoms with Crippen LogP contribution in [0.3, 0.4) is 0 Å². The van der Waals surface area contributed by atoms with Crippen LogP contribution in [0.2, 0.25) is 0 Å². The van der Waals surface area contributed by atoms with E-state index in [1.165, 1.54) is 30.8 Å². The van der Waals surface area contributed by atoms with Crippen molar-refractivity contribution in [1.82, 2.24) is 0 Å². The first kappa shape index (κ1) is 6.99. The molecule has 2 heteroatoms. The first-order valence-corrected chi connectivity index (χ1v) is 5.22. The smallest absolute Gasteiger partial charge is 0.0556 e. The fourth-order valence-electron chi connectivity index (χ4n) is 1.44. The number of thioether (sulfide) groups is 1. The number of hydrogen-bond donors (Lipinski definition) is 0. The van der Waals surface area contributed by atoms with E-state index >= 15 is 0 Å². The van der Waals surface area contributed by atoms with E-state index in [0.717, 1.165) is 13.2 Å². The average molecular weight is 158 g/mol. The van der Waals surface area contributed by atoms with Crippen LogP contribution in [0.15, 0.2) is 0 Å². The molecule has 2 rings (SSSR count).